The van der Waals surface area contributed by atoms with Gasteiger partial charge < -0.3 is 14.8 Å². The number of carbonyl (C=O) groups is 1. The summed E-state index contributed by atoms with van der Waals surface area (Å²) in [7, 11) is 0. The average molecular weight is 388 g/mol. The number of hydrogen-bond donors (Lipinski definition) is 1. The van der Waals surface area contributed by atoms with Crippen molar-refractivity contribution in [3.05, 3.63) is 48.6 Å². The maximum absolute atomic E-state index is 14.4. The van der Waals surface area contributed by atoms with E-state index in [0.29, 0.717) is 16.5 Å². The number of amides is 1. The third-order valence-electron chi connectivity index (χ3n) is 3.59. The lowest BCUT2D eigenvalue weighted by molar-refractivity contribution is -0.126. The number of nitrogens with one attached hydrogen (secondary N) is 1. The minimum absolute atomic E-state index is 0.0480. The smallest absolute Gasteiger partial charge is 0.272 e. The summed E-state index contributed by atoms with van der Waals surface area (Å²) in [5, 5.41) is 3.45. The number of ether oxygens (including phenoxy) is 2. The summed E-state index contributed by atoms with van der Waals surface area (Å²) >= 11 is 1.15. The van der Waals surface area contributed by atoms with Crippen LogP contribution in [-0.4, -0.2) is 34.7 Å². The first-order valence-electron chi connectivity index (χ1n) is 8.09. The molecule has 2 rings (SSSR count). The average Bonchev–Trinajstić information content (AvgIpc) is 2.63. The molecule has 0 saturated carbocycles. The maximum atomic E-state index is 14.4. The number of benzene rings is 1. The van der Waals surface area contributed by atoms with E-state index in [1.165, 1.54) is 24.6 Å². The van der Waals surface area contributed by atoms with E-state index in [0.717, 1.165) is 11.8 Å². The van der Waals surface area contributed by atoms with Crippen LogP contribution in [0, 0.1) is 18.2 Å². The van der Waals surface area contributed by atoms with Crippen molar-refractivity contribution in [2.75, 3.05) is 12.9 Å². The predicted octanol–water partition coefficient (Wildman–Crippen LogP) is 3.48. The zero-order chi connectivity index (χ0) is 20.0. The summed E-state index contributed by atoms with van der Waals surface area (Å²) in [6.07, 6.45) is 9.88. The van der Waals surface area contributed by atoms with Crippen LogP contribution in [0.1, 0.15) is 19.4 Å². The molecule has 1 unspecified atom stereocenters. The Morgan fingerprint density at radius 2 is 2.26 bits per heavy atom. The molecule has 2 aromatic rings. The standard InChI is InChI=1S/C20H21FN2O3S/c1-6-13-8-14-9-17(15(21)10-16(14)22-11-13)26-19(27-5)18(24)23-20(3,4)12-25-7-2/h1,7-11,19H,2,12H2,3-5H3,(H,23,24). The highest BCUT2D eigenvalue weighted by Gasteiger charge is 2.28. The first kappa shape index (κ1) is 20.6. The molecule has 7 heteroatoms. The second kappa shape index (κ2) is 8.78. The largest absolute Gasteiger partial charge is 0.499 e. The van der Waals surface area contributed by atoms with Gasteiger partial charge in [-0.15, -0.1) is 18.2 Å². The molecule has 0 spiro atoms. The van der Waals surface area contributed by atoms with Crippen LogP contribution in [0.2, 0.25) is 0 Å². The zero-order valence-electron chi connectivity index (χ0n) is 15.4. The summed E-state index contributed by atoms with van der Waals surface area (Å²) < 4.78 is 25.2. The van der Waals surface area contributed by atoms with E-state index in [9.17, 15) is 9.18 Å². The minimum atomic E-state index is -0.941. The molecule has 5 nitrogen and oxygen atoms in total. The third-order valence-corrected chi connectivity index (χ3v) is 4.33. The number of carbonyl (C=O) groups excluding carboxylic acids is 1. The molecule has 1 amide bonds. The Bertz CT molecular complexity index is 893. The van der Waals surface area contributed by atoms with E-state index in [1.54, 1.807) is 26.2 Å². The molecule has 1 atom stereocenters. The molecule has 0 fully saturated rings. The first-order valence-corrected chi connectivity index (χ1v) is 9.38. The van der Waals surface area contributed by atoms with Gasteiger partial charge in [0.1, 0.15) is 6.61 Å². The number of pyridine rings is 1. The van der Waals surface area contributed by atoms with Crippen molar-refractivity contribution in [3.63, 3.8) is 0 Å². The van der Waals surface area contributed by atoms with Crippen molar-refractivity contribution in [2.24, 2.45) is 0 Å². The third kappa shape index (κ3) is 5.38. The van der Waals surface area contributed by atoms with E-state index in [4.69, 9.17) is 15.9 Å². The number of aromatic nitrogens is 1. The quantitative estimate of drug-likeness (QED) is 0.426. The number of terminal acetylenes is 1. The number of halogens is 1. The minimum Gasteiger partial charge on any atom is -0.499 e. The number of rotatable bonds is 8. The van der Waals surface area contributed by atoms with Crippen LogP contribution in [0.25, 0.3) is 10.9 Å². The van der Waals surface area contributed by atoms with Crippen molar-refractivity contribution in [2.45, 2.75) is 24.8 Å². The SMILES string of the molecule is C#Cc1cnc2cc(F)c(OC(SC)C(=O)NC(C)(C)COC=C)cc2c1. The molecule has 0 aliphatic heterocycles. The predicted molar refractivity (Wildman–Crippen MR) is 106 cm³/mol. The molecule has 0 saturated heterocycles. The van der Waals surface area contributed by atoms with E-state index < -0.39 is 22.7 Å². The summed E-state index contributed by atoms with van der Waals surface area (Å²) in [5.41, 5.74) is -0.561. The van der Waals surface area contributed by atoms with Crippen LogP contribution in [-0.2, 0) is 9.53 Å². The molecule has 1 heterocycles. The van der Waals surface area contributed by atoms with E-state index in [2.05, 4.69) is 22.8 Å². The second-order valence-electron chi connectivity index (χ2n) is 6.38. The summed E-state index contributed by atoms with van der Waals surface area (Å²) in [6.45, 7) is 7.32. The molecule has 0 aliphatic rings. The lowest BCUT2D eigenvalue weighted by Crippen LogP contribution is -2.50. The molecule has 0 bridgehead atoms. The number of thioether (sulfide) groups is 1. The van der Waals surface area contributed by atoms with Gasteiger partial charge in [-0.05, 0) is 32.2 Å². The fourth-order valence-corrected chi connectivity index (χ4v) is 2.79. The Morgan fingerprint density at radius 1 is 1.52 bits per heavy atom. The number of nitrogens with zero attached hydrogens (tertiary/aromatic N) is 1. The number of hydrogen-bond acceptors (Lipinski definition) is 5. The van der Waals surface area contributed by atoms with Gasteiger partial charge >= 0.3 is 0 Å². The van der Waals surface area contributed by atoms with Crippen molar-refractivity contribution in [1.82, 2.24) is 10.3 Å². The Morgan fingerprint density at radius 3 is 2.89 bits per heavy atom. The Hall–Kier alpha value is -2.72. The summed E-state index contributed by atoms with van der Waals surface area (Å²) in [4.78, 5) is 16.7. The fraction of sp³-hybridized carbons (Fsp3) is 0.300. The van der Waals surface area contributed by atoms with Crippen molar-refractivity contribution >= 4 is 28.6 Å². The zero-order valence-corrected chi connectivity index (χ0v) is 16.2. The maximum Gasteiger partial charge on any atom is 0.272 e. The summed E-state index contributed by atoms with van der Waals surface area (Å²) in [5.74, 6) is 1.43. The van der Waals surface area contributed by atoms with E-state index >= 15 is 0 Å². The van der Waals surface area contributed by atoms with Crippen LogP contribution in [0.3, 0.4) is 0 Å². The second-order valence-corrected chi connectivity index (χ2v) is 7.28. The highest BCUT2D eigenvalue weighted by molar-refractivity contribution is 7.99. The van der Waals surface area contributed by atoms with Gasteiger partial charge in [-0.25, -0.2) is 4.39 Å². The van der Waals surface area contributed by atoms with Gasteiger partial charge in [0.05, 0.1) is 17.3 Å². The van der Waals surface area contributed by atoms with Gasteiger partial charge in [0, 0.05) is 23.2 Å². The van der Waals surface area contributed by atoms with Crippen LogP contribution in [0.5, 0.6) is 5.75 Å². The van der Waals surface area contributed by atoms with Gasteiger partial charge in [-0.1, -0.05) is 12.5 Å². The molecule has 1 aromatic carbocycles. The van der Waals surface area contributed by atoms with Crippen molar-refractivity contribution in [1.29, 1.82) is 0 Å². The Balaban J connectivity index is 2.22. The molecule has 0 radical (unpaired) electrons. The van der Waals surface area contributed by atoms with Gasteiger partial charge in [0.25, 0.3) is 5.91 Å². The van der Waals surface area contributed by atoms with E-state index in [1.807, 2.05) is 0 Å². The Labute approximate surface area is 162 Å². The lowest BCUT2D eigenvalue weighted by atomic mass is 10.1. The molecule has 1 N–H and O–H groups in total. The Kier molecular flexibility index (Phi) is 6.70. The molecule has 0 aliphatic carbocycles. The lowest BCUT2D eigenvalue weighted by Gasteiger charge is -2.27. The van der Waals surface area contributed by atoms with Crippen molar-refractivity contribution in [3.8, 4) is 18.1 Å². The normalized spacial score (nSPS) is 12.1. The molecule has 27 heavy (non-hydrogen) atoms. The highest BCUT2D eigenvalue weighted by Crippen LogP contribution is 2.27. The monoisotopic (exact) mass is 388 g/mol. The van der Waals surface area contributed by atoms with Crippen LogP contribution in [0.4, 0.5) is 4.39 Å². The van der Waals surface area contributed by atoms with Crippen molar-refractivity contribution < 1.29 is 18.7 Å². The van der Waals surface area contributed by atoms with Gasteiger partial charge in [-0.3, -0.25) is 9.78 Å². The fourth-order valence-electron chi connectivity index (χ4n) is 2.32. The number of fused-ring (bicyclic) bond motifs is 1. The van der Waals surface area contributed by atoms with Gasteiger partial charge in [0.15, 0.2) is 11.6 Å². The molecule has 1 aromatic heterocycles. The first-order chi connectivity index (χ1) is 12.8. The highest BCUT2D eigenvalue weighted by atomic mass is 32.2. The van der Waals surface area contributed by atoms with Gasteiger partial charge in [0.2, 0.25) is 5.44 Å². The van der Waals surface area contributed by atoms with Crippen LogP contribution < -0.4 is 10.1 Å². The topological polar surface area (TPSA) is 60.5 Å². The van der Waals surface area contributed by atoms with Crippen LogP contribution in [0.15, 0.2) is 37.2 Å². The van der Waals surface area contributed by atoms with E-state index in [-0.39, 0.29) is 12.4 Å². The van der Waals surface area contributed by atoms with Crippen LogP contribution >= 0.6 is 11.8 Å². The summed E-state index contributed by atoms with van der Waals surface area (Å²) in [6, 6.07) is 4.45. The molecule has 142 valence electrons. The van der Waals surface area contributed by atoms with Gasteiger partial charge in [-0.2, -0.15) is 0 Å². The molecular formula is C20H21FN2O3S. The molecular weight excluding hydrogens is 367 g/mol.